The molecule has 0 saturated heterocycles. The van der Waals surface area contributed by atoms with Gasteiger partial charge in [-0.3, -0.25) is 0 Å². The summed E-state index contributed by atoms with van der Waals surface area (Å²) in [5, 5.41) is 6.33. The molecule has 0 aliphatic carbocycles. The van der Waals surface area contributed by atoms with Crippen LogP contribution < -0.4 is 5.43 Å². The van der Waals surface area contributed by atoms with Crippen LogP contribution in [0.5, 0.6) is 0 Å². The molecule has 0 saturated carbocycles. The first kappa shape index (κ1) is 13.1. The third kappa shape index (κ3) is 3.31. The second-order valence-corrected chi connectivity index (χ2v) is 4.09. The maximum Gasteiger partial charge on any atom is 0.427 e. The molecular weight excluding hydrogens is 240 g/mol. The Bertz CT molecular complexity index is 620. The fraction of sp³-hybridized carbons (Fsp3) is 0.200. The second-order valence-electron chi connectivity index (χ2n) is 4.09. The summed E-state index contributed by atoms with van der Waals surface area (Å²) in [5.74, 6) is 0. The van der Waals surface area contributed by atoms with Gasteiger partial charge in [-0.1, -0.05) is 36.4 Å². The molecule has 0 spiro atoms. The van der Waals surface area contributed by atoms with Crippen LogP contribution in [0.4, 0.5) is 4.79 Å². The number of nitrogens with one attached hydrogen (secondary N) is 1. The Morgan fingerprint density at radius 2 is 1.95 bits per heavy atom. The monoisotopic (exact) mass is 256 g/mol. The Labute approximate surface area is 112 Å². The molecule has 0 unspecified atom stereocenters. The van der Waals surface area contributed by atoms with E-state index in [0.717, 1.165) is 16.7 Å². The molecule has 4 heteroatoms. The first-order valence-electron chi connectivity index (χ1n) is 6.17. The average molecular weight is 256 g/mol. The molecular formula is C15H16N2O2. The molecule has 0 bridgehead atoms. The van der Waals surface area contributed by atoms with Crippen molar-refractivity contribution in [3.8, 4) is 0 Å². The first-order chi connectivity index (χ1) is 9.20. The predicted octanol–water partition coefficient (Wildman–Crippen LogP) is 3.31. The van der Waals surface area contributed by atoms with Crippen molar-refractivity contribution >= 4 is 22.6 Å². The zero-order valence-corrected chi connectivity index (χ0v) is 11.0. The number of benzene rings is 2. The average Bonchev–Trinajstić information content (AvgIpc) is 2.44. The van der Waals surface area contributed by atoms with Crippen LogP contribution in [-0.2, 0) is 4.74 Å². The molecule has 0 fully saturated rings. The number of carbonyl (C=O) groups is 1. The van der Waals surface area contributed by atoms with Crippen molar-refractivity contribution in [1.29, 1.82) is 0 Å². The highest BCUT2D eigenvalue weighted by atomic mass is 16.5. The van der Waals surface area contributed by atoms with Gasteiger partial charge in [0.15, 0.2) is 0 Å². The molecule has 0 heterocycles. The molecule has 4 nitrogen and oxygen atoms in total. The molecule has 0 aromatic heterocycles. The van der Waals surface area contributed by atoms with E-state index in [-0.39, 0.29) is 0 Å². The van der Waals surface area contributed by atoms with Crippen molar-refractivity contribution in [3.05, 3.63) is 48.0 Å². The highest BCUT2D eigenvalue weighted by Crippen LogP contribution is 2.16. The SMILES string of the molecule is CCOC(=O)N/N=C(/C)c1ccc2ccccc2c1. The Morgan fingerprint density at radius 3 is 2.68 bits per heavy atom. The second kappa shape index (κ2) is 6.00. The normalized spacial score (nSPS) is 11.4. The van der Waals surface area contributed by atoms with E-state index in [0.29, 0.717) is 6.61 Å². The van der Waals surface area contributed by atoms with Crippen LogP contribution in [0.1, 0.15) is 19.4 Å². The highest BCUT2D eigenvalue weighted by molar-refractivity contribution is 6.02. The fourth-order valence-corrected chi connectivity index (χ4v) is 1.77. The number of amides is 1. The van der Waals surface area contributed by atoms with Gasteiger partial charge in [0, 0.05) is 0 Å². The van der Waals surface area contributed by atoms with Gasteiger partial charge in [-0.05, 0) is 36.2 Å². The molecule has 0 atom stereocenters. The lowest BCUT2D eigenvalue weighted by molar-refractivity contribution is 0.152. The maximum atomic E-state index is 11.2. The van der Waals surface area contributed by atoms with Gasteiger partial charge in [0.25, 0.3) is 0 Å². The Hall–Kier alpha value is -2.36. The Morgan fingerprint density at radius 1 is 1.21 bits per heavy atom. The molecule has 0 aliphatic heterocycles. The molecule has 19 heavy (non-hydrogen) atoms. The lowest BCUT2D eigenvalue weighted by atomic mass is 10.0. The van der Waals surface area contributed by atoms with Crippen LogP contribution in [0.25, 0.3) is 10.8 Å². The lowest BCUT2D eigenvalue weighted by Gasteiger charge is -2.04. The number of hydrogen-bond acceptors (Lipinski definition) is 3. The molecule has 1 N–H and O–H groups in total. The number of carbonyl (C=O) groups excluding carboxylic acids is 1. The summed E-state index contributed by atoms with van der Waals surface area (Å²) in [7, 11) is 0. The van der Waals surface area contributed by atoms with E-state index in [4.69, 9.17) is 4.74 Å². The van der Waals surface area contributed by atoms with Gasteiger partial charge in [-0.25, -0.2) is 10.2 Å². The van der Waals surface area contributed by atoms with E-state index in [1.165, 1.54) is 5.39 Å². The van der Waals surface area contributed by atoms with E-state index in [1.54, 1.807) is 6.92 Å². The topological polar surface area (TPSA) is 50.7 Å². The summed E-state index contributed by atoms with van der Waals surface area (Å²) < 4.78 is 4.74. The van der Waals surface area contributed by atoms with Crippen molar-refractivity contribution in [2.75, 3.05) is 6.61 Å². The zero-order chi connectivity index (χ0) is 13.7. The number of ether oxygens (including phenoxy) is 1. The number of nitrogens with zero attached hydrogens (tertiary/aromatic N) is 1. The summed E-state index contributed by atoms with van der Waals surface area (Å²) >= 11 is 0. The van der Waals surface area contributed by atoms with E-state index >= 15 is 0 Å². The summed E-state index contributed by atoms with van der Waals surface area (Å²) in [4.78, 5) is 11.2. The van der Waals surface area contributed by atoms with Crippen LogP contribution in [0, 0.1) is 0 Å². The van der Waals surface area contributed by atoms with Crippen LogP contribution in [0.3, 0.4) is 0 Å². The summed E-state index contributed by atoms with van der Waals surface area (Å²) in [6, 6.07) is 14.2. The van der Waals surface area contributed by atoms with Gasteiger partial charge < -0.3 is 4.74 Å². The Kier molecular flexibility index (Phi) is 4.13. The molecule has 98 valence electrons. The van der Waals surface area contributed by atoms with E-state index < -0.39 is 6.09 Å². The van der Waals surface area contributed by atoms with Crippen LogP contribution in [-0.4, -0.2) is 18.4 Å². The summed E-state index contributed by atoms with van der Waals surface area (Å²) in [6.07, 6.45) is -0.539. The molecule has 0 radical (unpaired) electrons. The lowest BCUT2D eigenvalue weighted by Crippen LogP contribution is -2.20. The molecule has 2 aromatic rings. The van der Waals surface area contributed by atoms with E-state index in [1.807, 2.05) is 43.3 Å². The van der Waals surface area contributed by atoms with Gasteiger partial charge >= 0.3 is 6.09 Å². The predicted molar refractivity (Wildman–Crippen MR) is 76.3 cm³/mol. The molecule has 2 aromatic carbocycles. The highest BCUT2D eigenvalue weighted by Gasteiger charge is 2.01. The zero-order valence-electron chi connectivity index (χ0n) is 11.0. The quantitative estimate of drug-likeness (QED) is 0.676. The number of hydrogen-bond donors (Lipinski definition) is 1. The van der Waals surface area contributed by atoms with Crippen molar-refractivity contribution in [1.82, 2.24) is 5.43 Å². The molecule has 0 aliphatic rings. The van der Waals surface area contributed by atoms with Crippen LogP contribution in [0.2, 0.25) is 0 Å². The summed E-state index contributed by atoms with van der Waals surface area (Å²) in [6.45, 7) is 3.92. The van der Waals surface area contributed by atoms with Crippen molar-refractivity contribution < 1.29 is 9.53 Å². The van der Waals surface area contributed by atoms with Crippen LogP contribution >= 0.6 is 0 Å². The van der Waals surface area contributed by atoms with Gasteiger partial charge in [0.1, 0.15) is 0 Å². The number of rotatable bonds is 3. The van der Waals surface area contributed by atoms with Gasteiger partial charge in [0.2, 0.25) is 0 Å². The number of hydrazone groups is 1. The third-order valence-corrected chi connectivity index (χ3v) is 2.76. The van der Waals surface area contributed by atoms with Crippen molar-refractivity contribution in [3.63, 3.8) is 0 Å². The van der Waals surface area contributed by atoms with E-state index in [2.05, 4.69) is 16.6 Å². The third-order valence-electron chi connectivity index (χ3n) is 2.76. The minimum absolute atomic E-state index is 0.330. The van der Waals surface area contributed by atoms with Crippen molar-refractivity contribution in [2.45, 2.75) is 13.8 Å². The standard InChI is InChI=1S/C15H16N2O2/c1-3-19-15(18)17-16-11(2)13-9-8-12-6-4-5-7-14(12)10-13/h4-10H,3H2,1-2H3,(H,17,18)/b16-11-. The molecule has 2 rings (SSSR count). The van der Waals surface area contributed by atoms with Gasteiger partial charge in [0.05, 0.1) is 12.3 Å². The minimum atomic E-state index is -0.539. The fourth-order valence-electron chi connectivity index (χ4n) is 1.77. The van der Waals surface area contributed by atoms with Crippen molar-refractivity contribution in [2.24, 2.45) is 5.10 Å². The van der Waals surface area contributed by atoms with Gasteiger partial charge in [-0.15, -0.1) is 0 Å². The minimum Gasteiger partial charge on any atom is -0.449 e. The van der Waals surface area contributed by atoms with E-state index in [9.17, 15) is 4.79 Å². The summed E-state index contributed by atoms with van der Waals surface area (Å²) in [5.41, 5.74) is 4.06. The first-order valence-corrected chi connectivity index (χ1v) is 6.17. The van der Waals surface area contributed by atoms with Crippen LogP contribution in [0.15, 0.2) is 47.6 Å². The number of fused-ring (bicyclic) bond motifs is 1. The smallest absolute Gasteiger partial charge is 0.427 e. The van der Waals surface area contributed by atoms with Gasteiger partial charge in [-0.2, -0.15) is 5.10 Å². The Balaban J connectivity index is 2.19. The maximum absolute atomic E-state index is 11.2. The molecule has 1 amide bonds. The largest absolute Gasteiger partial charge is 0.449 e.